The molecule has 5 rings (SSSR count). The fraction of sp³-hybridized carbons (Fsp3) is 0.571. The van der Waals surface area contributed by atoms with E-state index < -0.39 is 11.6 Å². The molecular formula is C35H48N4O7. The zero-order chi connectivity index (χ0) is 33.2. The second-order valence-corrected chi connectivity index (χ2v) is 14.5. The number of rotatable bonds is 7. The molecule has 250 valence electrons. The van der Waals surface area contributed by atoms with E-state index in [9.17, 15) is 14.4 Å². The number of likely N-dealkylation sites (tertiary alicyclic amines) is 1. The van der Waals surface area contributed by atoms with Gasteiger partial charge in [-0.05, 0) is 62.4 Å². The number of benzene rings is 2. The predicted octanol–water partition coefficient (Wildman–Crippen LogP) is 4.92. The zero-order valence-corrected chi connectivity index (χ0v) is 28.2. The standard InChI is InChI=1S/C35H48N4O7/c1-34(2,3)20-31(40)39(25-9-8-10-27(18-25)43-7)26-19-28(38(22-26)21-24-11-12-29-30(17-24)45-23-44-29)32(41)36-13-15-37(16-14-36)33(42)46-35(4,5)6/h8-12,17-18,26,28H,13-16,19-23H2,1-7H3/t26-,28-/m0/s1. The summed E-state index contributed by atoms with van der Waals surface area (Å²) in [5, 5.41) is 0. The second kappa shape index (κ2) is 13.4. The lowest BCUT2D eigenvalue weighted by atomic mass is 9.91. The molecule has 3 aliphatic heterocycles. The van der Waals surface area contributed by atoms with Crippen molar-refractivity contribution >= 4 is 23.6 Å². The van der Waals surface area contributed by atoms with Gasteiger partial charge in [0, 0.05) is 57.4 Å². The molecule has 2 saturated heterocycles. The van der Waals surface area contributed by atoms with E-state index in [2.05, 4.69) is 25.7 Å². The maximum absolute atomic E-state index is 14.3. The Morgan fingerprint density at radius 3 is 2.28 bits per heavy atom. The van der Waals surface area contributed by atoms with Gasteiger partial charge in [0.05, 0.1) is 19.2 Å². The van der Waals surface area contributed by atoms with Crippen molar-refractivity contribution in [2.45, 2.75) is 78.6 Å². The lowest BCUT2D eigenvalue weighted by molar-refractivity contribution is -0.138. The van der Waals surface area contributed by atoms with Gasteiger partial charge in [-0.1, -0.05) is 32.9 Å². The highest BCUT2D eigenvalue weighted by Gasteiger charge is 2.44. The molecule has 3 heterocycles. The van der Waals surface area contributed by atoms with E-state index in [4.69, 9.17) is 18.9 Å². The Labute approximate surface area is 272 Å². The highest BCUT2D eigenvalue weighted by Crippen LogP contribution is 2.36. The lowest BCUT2D eigenvalue weighted by Crippen LogP contribution is -2.55. The van der Waals surface area contributed by atoms with Crippen LogP contribution in [0.15, 0.2) is 42.5 Å². The molecule has 2 fully saturated rings. The van der Waals surface area contributed by atoms with Crippen LogP contribution in [-0.4, -0.2) is 96.9 Å². The molecule has 0 bridgehead atoms. The summed E-state index contributed by atoms with van der Waals surface area (Å²) in [7, 11) is 1.61. The van der Waals surface area contributed by atoms with E-state index in [1.165, 1.54) is 0 Å². The SMILES string of the molecule is COc1cccc(N(C(=O)CC(C)(C)C)[C@H]2C[C@@H](C(=O)N3CCN(C(=O)OC(C)(C)C)CC3)N(Cc3ccc4c(c3)OCO4)C2)c1. The number of hydrogen-bond acceptors (Lipinski definition) is 8. The summed E-state index contributed by atoms with van der Waals surface area (Å²) >= 11 is 0. The second-order valence-electron chi connectivity index (χ2n) is 14.5. The van der Waals surface area contributed by atoms with Crippen LogP contribution < -0.4 is 19.1 Å². The summed E-state index contributed by atoms with van der Waals surface area (Å²) in [5.74, 6) is 2.06. The number of hydrogen-bond donors (Lipinski definition) is 0. The van der Waals surface area contributed by atoms with Crippen molar-refractivity contribution < 1.29 is 33.3 Å². The fourth-order valence-electron chi connectivity index (χ4n) is 6.28. The minimum Gasteiger partial charge on any atom is -0.497 e. The van der Waals surface area contributed by atoms with Gasteiger partial charge in [-0.25, -0.2) is 4.79 Å². The Morgan fingerprint density at radius 1 is 0.913 bits per heavy atom. The molecule has 3 amide bonds. The Balaban J connectivity index is 1.40. The molecule has 0 aromatic heterocycles. The van der Waals surface area contributed by atoms with Crippen LogP contribution in [0, 0.1) is 5.41 Å². The quantitative estimate of drug-likeness (QED) is 0.423. The number of amides is 3. The number of methoxy groups -OCH3 is 1. The predicted molar refractivity (Wildman–Crippen MR) is 174 cm³/mol. The van der Waals surface area contributed by atoms with E-state index >= 15 is 0 Å². The molecule has 2 aromatic rings. The Kier molecular flexibility index (Phi) is 9.72. The molecule has 2 atom stereocenters. The summed E-state index contributed by atoms with van der Waals surface area (Å²) in [6.07, 6.45) is 0.466. The summed E-state index contributed by atoms with van der Waals surface area (Å²) in [5.41, 5.74) is 0.936. The van der Waals surface area contributed by atoms with E-state index in [0.717, 1.165) is 11.3 Å². The van der Waals surface area contributed by atoms with Crippen molar-refractivity contribution in [2.75, 3.05) is 51.5 Å². The number of piperazine rings is 1. The highest BCUT2D eigenvalue weighted by atomic mass is 16.7. The topological polar surface area (TPSA) is 101 Å². The van der Waals surface area contributed by atoms with Crippen LogP contribution in [0.1, 0.15) is 59.9 Å². The summed E-state index contributed by atoms with van der Waals surface area (Å²) in [6, 6.07) is 12.7. The van der Waals surface area contributed by atoms with E-state index in [0.29, 0.717) is 69.4 Å². The molecule has 2 aromatic carbocycles. The van der Waals surface area contributed by atoms with Crippen LogP contribution in [0.25, 0.3) is 0 Å². The molecule has 0 radical (unpaired) electrons. The van der Waals surface area contributed by atoms with E-state index in [1.54, 1.807) is 12.0 Å². The first-order chi connectivity index (χ1) is 21.7. The van der Waals surface area contributed by atoms with Crippen molar-refractivity contribution in [2.24, 2.45) is 5.41 Å². The van der Waals surface area contributed by atoms with Gasteiger partial charge in [-0.15, -0.1) is 0 Å². The molecule has 3 aliphatic rings. The Hall–Kier alpha value is -3.99. The van der Waals surface area contributed by atoms with Gasteiger partial charge < -0.3 is 33.6 Å². The molecular weight excluding hydrogens is 588 g/mol. The van der Waals surface area contributed by atoms with Crippen molar-refractivity contribution in [1.82, 2.24) is 14.7 Å². The number of fused-ring (bicyclic) bond motifs is 1. The average molecular weight is 637 g/mol. The molecule has 0 N–H and O–H groups in total. The summed E-state index contributed by atoms with van der Waals surface area (Å²) < 4.78 is 22.2. The van der Waals surface area contributed by atoms with Crippen molar-refractivity contribution in [3.8, 4) is 17.2 Å². The third-order valence-corrected chi connectivity index (χ3v) is 8.38. The highest BCUT2D eigenvalue weighted by molar-refractivity contribution is 5.95. The zero-order valence-electron chi connectivity index (χ0n) is 28.2. The van der Waals surface area contributed by atoms with Crippen LogP contribution in [0.3, 0.4) is 0 Å². The summed E-state index contributed by atoms with van der Waals surface area (Å²) in [6.45, 7) is 14.5. The van der Waals surface area contributed by atoms with Crippen LogP contribution in [0.5, 0.6) is 17.2 Å². The van der Waals surface area contributed by atoms with Gasteiger partial charge in [0.2, 0.25) is 18.6 Å². The molecule has 11 heteroatoms. The molecule has 11 nitrogen and oxygen atoms in total. The molecule has 0 unspecified atom stereocenters. The number of nitrogens with zero attached hydrogens (tertiary/aromatic N) is 4. The van der Waals surface area contributed by atoms with Gasteiger partial charge in [0.25, 0.3) is 0 Å². The normalized spacial score (nSPS) is 20.1. The fourth-order valence-corrected chi connectivity index (χ4v) is 6.28. The third-order valence-electron chi connectivity index (χ3n) is 8.38. The van der Waals surface area contributed by atoms with Gasteiger partial charge in [0.15, 0.2) is 11.5 Å². The van der Waals surface area contributed by atoms with Crippen LogP contribution in [0.2, 0.25) is 0 Å². The molecule has 46 heavy (non-hydrogen) atoms. The molecule has 0 saturated carbocycles. The van der Waals surface area contributed by atoms with Gasteiger partial charge in [-0.3, -0.25) is 14.5 Å². The van der Waals surface area contributed by atoms with E-state index in [-0.39, 0.29) is 36.2 Å². The number of anilines is 1. The smallest absolute Gasteiger partial charge is 0.410 e. The average Bonchev–Trinajstić information content (AvgIpc) is 3.62. The van der Waals surface area contributed by atoms with Crippen LogP contribution in [-0.2, 0) is 20.9 Å². The Bertz CT molecular complexity index is 1420. The van der Waals surface area contributed by atoms with Crippen molar-refractivity contribution in [3.05, 3.63) is 48.0 Å². The largest absolute Gasteiger partial charge is 0.497 e. The van der Waals surface area contributed by atoms with Gasteiger partial charge in [0.1, 0.15) is 11.4 Å². The number of ether oxygens (including phenoxy) is 4. The minimum atomic E-state index is -0.586. The maximum Gasteiger partial charge on any atom is 0.410 e. The summed E-state index contributed by atoms with van der Waals surface area (Å²) in [4.78, 5) is 48.5. The van der Waals surface area contributed by atoms with E-state index in [1.807, 2.05) is 73.0 Å². The lowest BCUT2D eigenvalue weighted by Gasteiger charge is -2.37. The van der Waals surface area contributed by atoms with Crippen molar-refractivity contribution in [1.29, 1.82) is 0 Å². The van der Waals surface area contributed by atoms with Crippen LogP contribution in [0.4, 0.5) is 10.5 Å². The first-order valence-corrected chi connectivity index (χ1v) is 16.1. The monoisotopic (exact) mass is 636 g/mol. The first-order valence-electron chi connectivity index (χ1n) is 16.1. The number of carbonyl (C=O) groups excluding carboxylic acids is 3. The minimum absolute atomic E-state index is 0.000875. The van der Waals surface area contributed by atoms with Crippen molar-refractivity contribution in [3.63, 3.8) is 0 Å². The molecule has 0 spiro atoms. The first kappa shape index (κ1) is 33.4. The van der Waals surface area contributed by atoms with Gasteiger partial charge in [-0.2, -0.15) is 0 Å². The molecule has 0 aliphatic carbocycles. The maximum atomic E-state index is 14.3. The third kappa shape index (κ3) is 8.04. The number of carbonyl (C=O) groups is 3. The Morgan fingerprint density at radius 2 is 1.61 bits per heavy atom. The van der Waals surface area contributed by atoms with Gasteiger partial charge >= 0.3 is 6.09 Å². The van der Waals surface area contributed by atoms with Crippen LogP contribution >= 0.6 is 0 Å².